The number of hydrogen-bond acceptors (Lipinski definition) is 5. The van der Waals surface area contributed by atoms with Crippen molar-refractivity contribution in [2.45, 2.75) is 11.7 Å². The zero-order valence-corrected chi connectivity index (χ0v) is 17.7. The van der Waals surface area contributed by atoms with Crippen molar-refractivity contribution in [3.05, 3.63) is 78.9 Å². The fourth-order valence-electron chi connectivity index (χ4n) is 3.17. The molecule has 3 aromatic carbocycles. The quantitative estimate of drug-likeness (QED) is 0.257. The first kappa shape index (κ1) is 20.2. The number of thioether (sulfide) groups is 1. The molecule has 0 aliphatic carbocycles. The second-order valence-electron chi connectivity index (χ2n) is 6.54. The average Bonchev–Trinajstić information content (AvgIpc) is 3.15. The van der Waals surface area contributed by atoms with Gasteiger partial charge < -0.3 is 18.8 Å². The number of benzene rings is 3. The molecular formula is C24H24N2O3S. The first-order chi connectivity index (χ1) is 14.8. The molecule has 6 heteroatoms. The second-order valence-corrected chi connectivity index (χ2v) is 7.61. The molecule has 0 radical (unpaired) electrons. The molecule has 0 amide bonds. The molecule has 0 atom stereocenters. The van der Waals surface area contributed by atoms with Crippen LogP contribution in [0.3, 0.4) is 0 Å². The molecule has 30 heavy (non-hydrogen) atoms. The zero-order chi connectivity index (χ0) is 20.6. The van der Waals surface area contributed by atoms with Crippen molar-refractivity contribution < 1.29 is 14.2 Å². The van der Waals surface area contributed by atoms with Crippen LogP contribution in [0.25, 0.3) is 11.0 Å². The van der Waals surface area contributed by atoms with E-state index < -0.39 is 0 Å². The van der Waals surface area contributed by atoms with Gasteiger partial charge in [0.1, 0.15) is 12.4 Å². The Bertz CT molecular complexity index is 1080. The molecule has 0 saturated carbocycles. The molecule has 0 spiro atoms. The third-order valence-electron chi connectivity index (χ3n) is 4.59. The Hall–Kier alpha value is -3.12. The Morgan fingerprint density at radius 3 is 2.37 bits per heavy atom. The SMILES string of the molecule is COc1ccccc1OCCSc1nc2ccccc2n1CCOc1ccccc1. The van der Waals surface area contributed by atoms with Crippen LogP contribution in [0.5, 0.6) is 17.2 Å². The molecule has 1 heterocycles. The van der Waals surface area contributed by atoms with E-state index in [0.717, 1.165) is 45.7 Å². The van der Waals surface area contributed by atoms with Crippen molar-refractivity contribution in [1.82, 2.24) is 9.55 Å². The summed E-state index contributed by atoms with van der Waals surface area (Å²) < 4.78 is 19.3. The van der Waals surface area contributed by atoms with Crippen LogP contribution in [0.1, 0.15) is 0 Å². The van der Waals surface area contributed by atoms with E-state index in [-0.39, 0.29) is 0 Å². The molecule has 1 aromatic heterocycles. The molecule has 0 fully saturated rings. The van der Waals surface area contributed by atoms with Crippen LogP contribution in [0.4, 0.5) is 0 Å². The molecule has 154 valence electrons. The third-order valence-corrected chi connectivity index (χ3v) is 5.53. The van der Waals surface area contributed by atoms with Crippen LogP contribution >= 0.6 is 11.8 Å². The van der Waals surface area contributed by atoms with Crippen molar-refractivity contribution >= 4 is 22.8 Å². The number of imidazole rings is 1. The average molecular weight is 421 g/mol. The maximum absolute atomic E-state index is 5.90. The fraction of sp³-hybridized carbons (Fsp3) is 0.208. The van der Waals surface area contributed by atoms with Gasteiger partial charge in [0, 0.05) is 5.75 Å². The normalized spacial score (nSPS) is 10.8. The van der Waals surface area contributed by atoms with Crippen molar-refractivity contribution in [2.75, 3.05) is 26.1 Å². The lowest BCUT2D eigenvalue weighted by Crippen LogP contribution is -2.10. The molecule has 0 aliphatic rings. The summed E-state index contributed by atoms with van der Waals surface area (Å²) in [4.78, 5) is 4.81. The smallest absolute Gasteiger partial charge is 0.169 e. The molecule has 0 aliphatic heterocycles. The Kier molecular flexibility index (Phi) is 6.77. The highest BCUT2D eigenvalue weighted by atomic mass is 32.2. The van der Waals surface area contributed by atoms with Crippen LogP contribution in [0.2, 0.25) is 0 Å². The molecule has 0 bridgehead atoms. The maximum atomic E-state index is 5.90. The minimum Gasteiger partial charge on any atom is -0.493 e. The van der Waals surface area contributed by atoms with Gasteiger partial charge in [0.15, 0.2) is 16.7 Å². The first-order valence-corrected chi connectivity index (χ1v) is 10.9. The van der Waals surface area contributed by atoms with Crippen LogP contribution in [0.15, 0.2) is 84.0 Å². The minimum absolute atomic E-state index is 0.564. The summed E-state index contributed by atoms with van der Waals surface area (Å²) in [6.07, 6.45) is 0. The number of rotatable bonds is 10. The zero-order valence-electron chi connectivity index (χ0n) is 16.9. The summed E-state index contributed by atoms with van der Waals surface area (Å²) in [7, 11) is 1.65. The van der Waals surface area contributed by atoms with Crippen LogP contribution < -0.4 is 14.2 Å². The lowest BCUT2D eigenvalue weighted by Gasteiger charge is -2.12. The fourth-order valence-corrected chi connectivity index (χ4v) is 4.03. The van der Waals surface area contributed by atoms with Gasteiger partial charge in [0.2, 0.25) is 0 Å². The van der Waals surface area contributed by atoms with Gasteiger partial charge in [0.05, 0.1) is 31.3 Å². The Balaban J connectivity index is 1.39. The highest BCUT2D eigenvalue weighted by molar-refractivity contribution is 7.99. The Labute approximate surface area is 180 Å². The van der Waals surface area contributed by atoms with E-state index in [1.807, 2.05) is 72.8 Å². The summed E-state index contributed by atoms with van der Waals surface area (Å²) in [5, 5.41) is 0.969. The number of methoxy groups -OCH3 is 1. The number of nitrogens with zero attached hydrogens (tertiary/aromatic N) is 2. The van der Waals surface area contributed by atoms with Gasteiger partial charge in [-0.1, -0.05) is 54.2 Å². The standard InChI is InChI=1S/C24H24N2O3S/c1-27-22-13-7-8-14-23(22)29-17-18-30-24-25-20-11-5-6-12-21(20)26(24)15-16-28-19-9-3-2-4-10-19/h2-14H,15-18H2,1H3. The van der Waals surface area contributed by atoms with Crippen LogP contribution in [-0.2, 0) is 6.54 Å². The summed E-state index contributed by atoms with van der Waals surface area (Å²) >= 11 is 1.68. The molecule has 0 N–H and O–H groups in total. The molecule has 4 aromatic rings. The highest BCUT2D eigenvalue weighted by Crippen LogP contribution is 2.27. The maximum Gasteiger partial charge on any atom is 0.169 e. The van der Waals surface area contributed by atoms with E-state index in [4.69, 9.17) is 19.2 Å². The lowest BCUT2D eigenvalue weighted by atomic mass is 10.3. The third kappa shape index (κ3) is 4.89. The number of para-hydroxylation sites is 5. The van der Waals surface area contributed by atoms with Gasteiger partial charge in [-0.15, -0.1) is 0 Å². The lowest BCUT2D eigenvalue weighted by molar-refractivity contribution is 0.295. The minimum atomic E-state index is 0.564. The predicted molar refractivity (Wildman–Crippen MR) is 121 cm³/mol. The van der Waals surface area contributed by atoms with Crippen molar-refractivity contribution in [1.29, 1.82) is 0 Å². The summed E-state index contributed by atoms with van der Waals surface area (Å²) in [6.45, 7) is 1.87. The van der Waals surface area contributed by atoms with Gasteiger partial charge in [-0.2, -0.15) is 0 Å². The van der Waals surface area contributed by atoms with Gasteiger partial charge in [0.25, 0.3) is 0 Å². The summed E-state index contributed by atoms with van der Waals surface area (Å²) in [6, 6.07) is 25.8. The topological polar surface area (TPSA) is 45.5 Å². The van der Waals surface area contributed by atoms with E-state index in [1.54, 1.807) is 18.9 Å². The highest BCUT2D eigenvalue weighted by Gasteiger charge is 2.11. The van der Waals surface area contributed by atoms with Crippen molar-refractivity contribution in [2.24, 2.45) is 0 Å². The Morgan fingerprint density at radius 2 is 1.53 bits per heavy atom. The summed E-state index contributed by atoms with van der Waals surface area (Å²) in [5.74, 6) is 3.15. The number of fused-ring (bicyclic) bond motifs is 1. The molecule has 5 nitrogen and oxygen atoms in total. The number of hydrogen-bond donors (Lipinski definition) is 0. The largest absolute Gasteiger partial charge is 0.493 e. The van der Waals surface area contributed by atoms with Crippen LogP contribution in [-0.4, -0.2) is 35.6 Å². The number of ether oxygens (including phenoxy) is 3. The van der Waals surface area contributed by atoms with Crippen molar-refractivity contribution in [3.8, 4) is 17.2 Å². The van der Waals surface area contributed by atoms with Gasteiger partial charge in [-0.3, -0.25) is 0 Å². The predicted octanol–water partition coefficient (Wildman–Crippen LogP) is 5.30. The number of aromatic nitrogens is 2. The molecule has 0 unspecified atom stereocenters. The van der Waals surface area contributed by atoms with Gasteiger partial charge in [-0.05, 0) is 36.4 Å². The van der Waals surface area contributed by atoms with E-state index >= 15 is 0 Å². The molecular weight excluding hydrogens is 396 g/mol. The van der Waals surface area contributed by atoms with E-state index in [1.165, 1.54) is 0 Å². The first-order valence-electron chi connectivity index (χ1n) is 9.87. The summed E-state index contributed by atoms with van der Waals surface area (Å²) in [5.41, 5.74) is 2.10. The monoisotopic (exact) mass is 420 g/mol. The van der Waals surface area contributed by atoms with E-state index in [9.17, 15) is 0 Å². The second kappa shape index (κ2) is 10.1. The van der Waals surface area contributed by atoms with E-state index in [0.29, 0.717) is 13.2 Å². The van der Waals surface area contributed by atoms with Gasteiger partial charge >= 0.3 is 0 Å². The Morgan fingerprint density at radius 1 is 0.800 bits per heavy atom. The van der Waals surface area contributed by atoms with E-state index in [2.05, 4.69) is 10.6 Å². The van der Waals surface area contributed by atoms with Crippen LogP contribution in [0, 0.1) is 0 Å². The van der Waals surface area contributed by atoms with Crippen molar-refractivity contribution in [3.63, 3.8) is 0 Å². The molecule has 0 saturated heterocycles. The van der Waals surface area contributed by atoms with Gasteiger partial charge in [-0.25, -0.2) is 4.98 Å². The molecule has 4 rings (SSSR count).